The van der Waals surface area contributed by atoms with E-state index in [9.17, 15) is 18.0 Å². The van der Waals surface area contributed by atoms with Crippen LogP contribution in [-0.2, 0) is 19.6 Å². The van der Waals surface area contributed by atoms with E-state index >= 15 is 0 Å². The standard InChI is InChI=1S/C9H9NO6S/c10-17(15,16)6-4-2-1-3-5(6)7(8(11)12)9(13)14/h1-4,7H,(H,11,12)(H,13,14)(H2,10,15,16). The van der Waals surface area contributed by atoms with Gasteiger partial charge in [0.25, 0.3) is 0 Å². The summed E-state index contributed by atoms with van der Waals surface area (Å²) in [5.74, 6) is -5.29. The molecule has 0 aliphatic heterocycles. The molecule has 0 saturated carbocycles. The van der Waals surface area contributed by atoms with Crippen LogP contribution in [0.1, 0.15) is 11.5 Å². The summed E-state index contributed by atoms with van der Waals surface area (Å²) in [6.07, 6.45) is 0. The molecular formula is C9H9NO6S. The normalized spacial score (nSPS) is 11.4. The minimum atomic E-state index is -4.17. The van der Waals surface area contributed by atoms with Crippen LogP contribution < -0.4 is 5.14 Å². The fraction of sp³-hybridized carbons (Fsp3) is 0.111. The van der Waals surface area contributed by atoms with Crippen molar-refractivity contribution in [3.8, 4) is 0 Å². The van der Waals surface area contributed by atoms with Gasteiger partial charge in [-0.15, -0.1) is 0 Å². The van der Waals surface area contributed by atoms with Crippen molar-refractivity contribution in [1.82, 2.24) is 0 Å². The highest BCUT2D eigenvalue weighted by Gasteiger charge is 2.32. The number of hydrogen-bond acceptors (Lipinski definition) is 4. The molecule has 0 fully saturated rings. The fourth-order valence-electron chi connectivity index (χ4n) is 1.35. The van der Waals surface area contributed by atoms with Gasteiger partial charge in [0.1, 0.15) is 0 Å². The molecule has 0 heterocycles. The average Bonchev–Trinajstić information content (AvgIpc) is 2.15. The Labute approximate surface area is 96.5 Å². The van der Waals surface area contributed by atoms with Crippen molar-refractivity contribution in [2.45, 2.75) is 10.8 Å². The zero-order valence-electron chi connectivity index (χ0n) is 8.40. The van der Waals surface area contributed by atoms with E-state index in [-0.39, 0.29) is 5.56 Å². The first-order valence-electron chi connectivity index (χ1n) is 4.32. The van der Waals surface area contributed by atoms with E-state index in [4.69, 9.17) is 15.4 Å². The molecule has 0 radical (unpaired) electrons. The van der Waals surface area contributed by atoms with Crippen molar-refractivity contribution < 1.29 is 28.2 Å². The van der Waals surface area contributed by atoms with Gasteiger partial charge < -0.3 is 10.2 Å². The predicted octanol–water partition coefficient (Wildman–Crippen LogP) is -0.413. The molecule has 1 aromatic carbocycles. The van der Waals surface area contributed by atoms with Crippen molar-refractivity contribution in [1.29, 1.82) is 0 Å². The highest BCUT2D eigenvalue weighted by atomic mass is 32.2. The molecule has 0 unspecified atom stereocenters. The lowest BCUT2D eigenvalue weighted by atomic mass is 10.00. The van der Waals surface area contributed by atoms with Gasteiger partial charge in [0.05, 0.1) is 4.90 Å². The van der Waals surface area contributed by atoms with Crippen LogP contribution in [0.25, 0.3) is 0 Å². The Bertz CT molecular complexity index is 551. The molecule has 1 aromatic rings. The lowest BCUT2D eigenvalue weighted by Gasteiger charge is -2.11. The van der Waals surface area contributed by atoms with E-state index in [1.54, 1.807) is 0 Å². The largest absolute Gasteiger partial charge is 0.480 e. The lowest BCUT2D eigenvalue weighted by molar-refractivity contribution is -0.150. The molecule has 4 N–H and O–H groups in total. The van der Waals surface area contributed by atoms with Crippen molar-refractivity contribution in [2.75, 3.05) is 0 Å². The van der Waals surface area contributed by atoms with Gasteiger partial charge in [-0.05, 0) is 11.6 Å². The molecule has 0 atom stereocenters. The van der Waals surface area contributed by atoms with Gasteiger partial charge in [0, 0.05) is 0 Å². The summed E-state index contributed by atoms with van der Waals surface area (Å²) in [6, 6.07) is 4.82. The number of hydrogen-bond donors (Lipinski definition) is 3. The van der Waals surface area contributed by atoms with E-state index in [0.29, 0.717) is 0 Å². The lowest BCUT2D eigenvalue weighted by Crippen LogP contribution is -2.25. The van der Waals surface area contributed by atoms with Crippen LogP contribution in [0.15, 0.2) is 29.2 Å². The highest BCUT2D eigenvalue weighted by Crippen LogP contribution is 2.23. The molecular weight excluding hydrogens is 250 g/mol. The summed E-state index contributed by atoms with van der Waals surface area (Å²) in [4.78, 5) is 21.1. The Kier molecular flexibility index (Phi) is 3.49. The van der Waals surface area contributed by atoms with Crippen LogP contribution in [0.4, 0.5) is 0 Å². The molecule has 7 nitrogen and oxygen atoms in total. The second-order valence-corrected chi connectivity index (χ2v) is 4.72. The minimum absolute atomic E-state index is 0.366. The molecule has 0 spiro atoms. The van der Waals surface area contributed by atoms with Crippen molar-refractivity contribution in [2.24, 2.45) is 5.14 Å². The van der Waals surface area contributed by atoms with E-state index < -0.39 is 32.8 Å². The van der Waals surface area contributed by atoms with E-state index in [1.807, 2.05) is 0 Å². The van der Waals surface area contributed by atoms with Crippen LogP contribution in [0.5, 0.6) is 0 Å². The number of carbonyl (C=O) groups is 2. The van der Waals surface area contributed by atoms with Gasteiger partial charge in [-0.25, -0.2) is 13.6 Å². The zero-order chi connectivity index (χ0) is 13.2. The Morgan fingerprint density at radius 2 is 1.59 bits per heavy atom. The van der Waals surface area contributed by atoms with Crippen LogP contribution in [0.2, 0.25) is 0 Å². The maximum Gasteiger partial charge on any atom is 0.322 e. The number of carboxylic acids is 2. The Morgan fingerprint density at radius 3 is 2.00 bits per heavy atom. The Morgan fingerprint density at radius 1 is 1.12 bits per heavy atom. The zero-order valence-corrected chi connectivity index (χ0v) is 9.22. The monoisotopic (exact) mass is 259 g/mol. The molecule has 8 heteroatoms. The topological polar surface area (TPSA) is 135 Å². The molecule has 0 bridgehead atoms. The summed E-state index contributed by atoms with van der Waals surface area (Å²) < 4.78 is 22.4. The Balaban J connectivity index is 3.50. The molecule has 1 rings (SSSR count). The SMILES string of the molecule is NS(=O)(=O)c1ccccc1C(C(=O)O)C(=O)O. The number of carboxylic acid groups (broad SMARTS) is 2. The summed E-state index contributed by atoms with van der Waals surface area (Å²) in [5, 5.41) is 22.4. The summed E-state index contributed by atoms with van der Waals surface area (Å²) in [7, 11) is -4.17. The summed E-state index contributed by atoms with van der Waals surface area (Å²) in [6.45, 7) is 0. The van der Waals surface area contributed by atoms with Crippen LogP contribution in [0.3, 0.4) is 0 Å². The van der Waals surface area contributed by atoms with Gasteiger partial charge in [-0.1, -0.05) is 18.2 Å². The number of aliphatic carboxylic acids is 2. The fourth-order valence-corrected chi connectivity index (χ4v) is 2.13. The van der Waals surface area contributed by atoms with Gasteiger partial charge in [0.2, 0.25) is 10.0 Å². The third kappa shape index (κ3) is 2.80. The second kappa shape index (κ2) is 4.52. The van der Waals surface area contributed by atoms with Gasteiger partial charge in [-0.2, -0.15) is 0 Å². The molecule has 17 heavy (non-hydrogen) atoms. The van der Waals surface area contributed by atoms with Gasteiger partial charge in [-0.3, -0.25) is 9.59 Å². The number of rotatable bonds is 4. The second-order valence-electron chi connectivity index (χ2n) is 3.19. The van der Waals surface area contributed by atoms with Crippen LogP contribution in [0, 0.1) is 0 Å². The van der Waals surface area contributed by atoms with E-state index in [2.05, 4.69) is 0 Å². The number of benzene rings is 1. The Hall–Kier alpha value is -1.93. The first-order chi connectivity index (χ1) is 7.75. The number of nitrogens with two attached hydrogens (primary N) is 1. The first-order valence-corrected chi connectivity index (χ1v) is 5.87. The third-order valence-electron chi connectivity index (χ3n) is 2.03. The maximum absolute atomic E-state index is 11.2. The van der Waals surface area contributed by atoms with E-state index in [0.717, 1.165) is 12.1 Å². The number of primary sulfonamides is 1. The molecule has 92 valence electrons. The molecule has 0 amide bonds. The smallest absolute Gasteiger partial charge is 0.322 e. The van der Waals surface area contributed by atoms with Crippen molar-refractivity contribution in [3.63, 3.8) is 0 Å². The highest BCUT2D eigenvalue weighted by molar-refractivity contribution is 7.89. The molecule has 0 aliphatic rings. The molecule has 0 aromatic heterocycles. The van der Waals surface area contributed by atoms with Crippen molar-refractivity contribution in [3.05, 3.63) is 29.8 Å². The molecule has 0 aliphatic carbocycles. The van der Waals surface area contributed by atoms with Crippen molar-refractivity contribution >= 4 is 22.0 Å². The quantitative estimate of drug-likeness (QED) is 0.629. The molecule has 0 saturated heterocycles. The third-order valence-corrected chi connectivity index (χ3v) is 3.02. The van der Waals surface area contributed by atoms with Crippen LogP contribution in [-0.4, -0.2) is 30.6 Å². The summed E-state index contributed by atoms with van der Waals surface area (Å²) >= 11 is 0. The van der Waals surface area contributed by atoms with Gasteiger partial charge >= 0.3 is 11.9 Å². The summed E-state index contributed by atoms with van der Waals surface area (Å²) in [5.41, 5.74) is -0.366. The predicted molar refractivity (Wildman–Crippen MR) is 55.8 cm³/mol. The minimum Gasteiger partial charge on any atom is -0.480 e. The van der Waals surface area contributed by atoms with Gasteiger partial charge in [0.15, 0.2) is 5.92 Å². The van der Waals surface area contributed by atoms with Crippen LogP contribution >= 0.6 is 0 Å². The average molecular weight is 259 g/mol. The maximum atomic E-state index is 11.2. The van der Waals surface area contributed by atoms with E-state index in [1.165, 1.54) is 12.1 Å². The number of sulfonamides is 1. The first kappa shape index (κ1) is 13.1.